The van der Waals surface area contributed by atoms with Gasteiger partial charge in [0, 0.05) is 19.3 Å². The molecule has 0 aliphatic carbocycles. The summed E-state index contributed by atoms with van der Waals surface area (Å²) < 4.78 is 37.9. The largest absolute Gasteiger partial charge is 0.487 e. The van der Waals surface area contributed by atoms with Gasteiger partial charge in [0.25, 0.3) is 5.92 Å². The topological polar surface area (TPSA) is 66.2 Å². The van der Waals surface area contributed by atoms with Crippen LogP contribution in [0.25, 0.3) is 10.9 Å². The quantitative estimate of drug-likeness (QED) is 0.572. The van der Waals surface area contributed by atoms with Gasteiger partial charge in [-0.3, -0.25) is 4.68 Å². The van der Waals surface area contributed by atoms with Gasteiger partial charge >= 0.3 is 5.97 Å². The van der Waals surface area contributed by atoms with Crippen molar-refractivity contribution in [1.82, 2.24) is 14.8 Å². The van der Waals surface area contributed by atoms with Crippen molar-refractivity contribution >= 4 is 16.9 Å². The van der Waals surface area contributed by atoms with Crippen molar-refractivity contribution in [3.05, 3.63) is 53.5 Å². The van der Waals surface area contributed by atoms with Crippen LogP contribution in [0, 0.1) is 6.92 Å². The Morgan fingerprint density at radius 3 is 2.75 bits per heavy atom. The number of ether oxygens (including phenoxy) is 2. The van der Waals surface area contributed by atoms with Gasteiger partial charge < -0.3 is 9.47 Å². The van der Waals surface area contributed by atoms with E-state index < -0.39 is 18.5 Å². The maximum atomic E-state index is 13.0. The zero-order valence-corrected chi connectivity index (χ0v) is 15.9. The zero-order valence-electron chi connectivity index (χ0n) is 15.9. The second-order valence-corrected chi connectivity index (χ2v) is 6.60. The van der Waals surface area contributed by atoms with Gasteiger partial charge in [0.05, 0.1) is 24.1 Å². The maximum Gasteiger partial charge on any atom is 0.357 e. The Bertz CT molecular complexity index is 996. The zero-order chi connectivity index (χ0) is 20.3. The predicted molar refractivity (Wildman–Crippen MR) is 99.9 cm³/mol. The third kappa shape index (κ3) is 4.62. The van der Waals surface area contributed by atoms with Crippen LogP contribution in [0.15, 0.2) is 36.7 Å². The summed E-state index contributed by atoms with van der Waals surface area (Å²) in [6, 6.07) is 7.06. The Hall–Kier alpha value is -3.03. The second kappa shape index (κ2) is 7.92. The van der Waals surface area contributed by atoms with Crippen molar-refractivity contribution in [2.75, 3.05) is 13.2 Å². The molecular weight excluding hydrogens is 368 g/mol. The normalized spacial score (nSPS) is 11.6. The molecule has 148 valence electrons. The number of aryl methyl sites for hydroxylation is 1. The molecule has 2 aromatic heterocycles. The molecule has 0 saturated heterocycles. The number of nitrogens with zero attached hydrogens (tertiary/aromatic N) is 3. The number of pyridine rings is 1. The molecule has 3 rings (SSSR count). The fourth-order valence-corrected chi connectivity index (χ4v) is 2.80. The van der Waals surface area contributed by atoms with Crippen LogP contribution in [0.4, 0.5) is 8.78 Å². The lowest BCUT2D eigenvalue weighted by atomic mass is 10.1. The van der Waals surface area contributed by atoms with Gasteiger partial charge in [0.2, 0.25) is 0 Å². The van der Waals surface area contributed by atoms with Gasteiger partial charge in [0.15, 0.2) is 12.3 Å². The van der Waals surface area contributed by atoms with E-state index in [1.165, 1.54) is 6.20 Å². The average molecular weight is 389 g/mol. The molecule has 0 aliphatic rings. The summed E-state index contributed by atoms with van der Waals surface area (Å²) in [7, 11) is 0. The summed E-state index contributed by atoms with van der Waals surface area (Å²) in [6.07, 6.45) is 3.26. The van der Waals surface area contributed by atoms with Crippen LogP contribution >= 0.6 is 0 Å². The molecule has 0 spiro atoms. The first-order valence-corrected chi connectivity index (χ1v) is 8.86. The molecular formula is C20H21F2N3O3. The molecule has 28 heavy (non-hydrogen) atoms. The number of rotatable bonds is 7. The molecule has 6 nitrogen and oxygen atoms in total. The fourth-order valence-electron chi connectivity index (χ4n) is 2.80. The van der Waals surface area contributed by atoms with Gasteiger partial charge in [-0.15, -0.1) is 0 Å². The van der Waals surface area contributed by atoms with Crippen LogP contribution in [-0.4, -0.2) is 39.9 Å². The summed E-state index contributed by atoms with van der Waals surface area (Å²) >= 11 is 0. The summed E-state index contributed by atoms with van der Waals surface area (Å²) in [5.41, 5.74) is 2.55. The number of esters is 1. The standard InChI is InChI=1S/C20H21F2N3O3/c1-4-27-19(26)18-15-11-25(24-16(15)7-8-23-18)10-14-5-6-17(13(2)9-14)28-12-20(3,21)22/h5-9,11H,4,10,12H2,1-3H3. The van der Waals surface area contributed by atoms with E-state index in [9.17, 15) is 13.6 Å². The van der Waals surface area contributed by atoms with E-state index in [0.29, 0.717) is 23.2 Å². The number of aromatic nitrogens is 3. The lowest BCUT2D eigenvalue weighted by Crippen LogP contribution is -2.21. The molecule has 0 radical (unpaired) electrons. The highest BCUT2D eigenvalue weighted by Gasteiger charge is 2.22. The maximum absolute atomic E-state index is 13.0. The minimum Gasteiger partial charge on any atom is -0.487 e. The molecule has 0 fully saturated rings. The first-order chi connectivity index (χ1) is 13.3. The number of alkyl halides is 2. The van der Waals surface area contributed by atoms with E-state index >= 15 is 0 Å². The van der Waals surface area contributed by atoms with Crippen molar-refractivity contribution < 1.29 is 23.0 Å². The molecule has 0 bridgehead atoms. The summed E-state index contributed by atoms with van der Waals surface area (Å²) in [4.78, 5) is 16.2. The molecule has 0 N–H and O–H groups in total. The monoisotopic (exact) mass is 389 g/mol. The van der Waals surface area contributed by atoms with E-state index in [-0.39, 0.29) is 12.3 Å². The Kier molecular flexibility index (Phi) is 5.58. The second-order valence-electron chi connectivity index (χ2n) is 6.60. The summed E-state index contributed by atoms with van der Waals surface area (Å²) in [5, 5.41) is 5.08. The smallest absolute Gasteiger partial charge is 0.357 e. The molecule has 3 aromatic rings. The van der Waals surface area contributed by atoms with Crippen molar-refractivity contribution in [1.29, 1.82) is 0 Å². The number of halogens is 2. The van der Waals surface area contributed by atoms with Crippen LogP contribution in [0.1, 0.15) is 35.5 Å². The van der Waals surface area contributed by atoms with Gasteiger partial charge in [0.1, 0.15) is 5.75 Å². The van der Waals surface area contributed by atoms with E-state index in [0.717, 1.165) is 18.1 Å². The lowest BCUT2D eigenvalue weighted by Gasteiger charge is -2.14. The number of benzene rings is 1. The minimum atomic E-state index is -2.88. The van der Waals surface area contributed by atoms with Gasteiger partial charge in [-0.1, -0.05) is 12.1 Å². The van der Waals surface area contributed by atoms with Crippen molar-refractivity contribution in [3.63, 3.8) is 0 Å². The molecule has 1 aromatic carbocycles. The first-order valence-electron chi connectivity index (χ1n) is 8.86. The Balaban J connectivity index is 1.80. The van der Waals surface area contributed by atoms with Crippen molar-refractivity contribution in [2.24, 2.45) is 0 Å². The highest BCUT2D eigenvalue weighted by Crippen LogP contribution is 2.23. The highest BCUT2D eigenvalue weighted by molar-refractivity contribution is 6.01. The average Bonchev–Trinajstić information content (AvgIpc) is 3.02. The number of hydrogen-bond acceptors (Lipinski definition) is 5. The van der Waals surface area contributed by atoms with E-state index in [1.54, 1.807) is 42.9 Å². The molecule has 0 aliphatic heterocycles. The Labute approximate surface area is 161 Å². The van der Waals surface area contributed by atoms with Crippen LogP contribution < -0.4 is 4.74 Å². The molecule has 0 saturated carbocycles. The molecule has 0 atom stereocenters. The third-order valence-electron chi connectivity index (χ3n) is 4.02. The molecule has 2 heterocycles. The van der Waals surface area contributed by atoms with Crippen LogP contribution in [0.3, 0.4) is 0 Å². The van der Waals surface area contributed by atoms with E-state index in [2.05, 4.69) is 10.1 Å². The number of carbonyl (C=O) groups is 1. The fraction of sp³-hybridized carbons (Fsp3) is 0.350. The van der Waals surface area contributed by atoms with Gasteiger partial charge in [-0.25, -0.2) is 18.6 Å². The first kappa shape index (κ1) is 19.7. The van der Waals surface area contributed by atoms with Gasteiger partial charge in [-0.05, 0) is 37.1 Å². The molecule has 8 heteroatoms. The van der Waals surface area contributed by atoms with Crippen molar-refractivity contribution in [3.8, 4) is 5.75 Å². The third-order valence-corrected chi connectivity index (χ3v) is 4.02. The van der Waals surface area contributed by atoms with Crippen molar-refractivity contribution in [2.45, 2.75) is 33.2 Å². The van der Waals surface area contributed by atoms with E-state index in [4.69, 9.17) is 9.47 Å². The number of hydrogen-bond donors (Lipinski definition) is 0. The minimum absolute atomic E-state index is 0.228. The Morgan fingerprint density at radius 1 is 1.29 bits per heavy atom. The number of fused-ring (bicyclic) bond motifs is 1. The molecule has 0 amide bonds. The number of carbonyl (C=O) groups excluding carboxylic acids is 1. The van der Waals surface area contributed by atoms with Crippen LogP contribution in [-0.2, 0) is 11.3 Å². The van der Waals surface area contributed by atoms with Crippen LogP contribution in [0.5, 0.6) is 5.75 Å². The lowest BCUT2D eigenvalue weighted by molar-refractivity contribution is -0.0231. The highest BCUT2D eigenvalue weighted by atomic mass is 19.3. The molecule has 0 unspecified atom stereocenters. The van der Waals surface area contributed by atoms with Gasteiger partial charge in [-0.2, -0.15) is 5.10 Å². The summed E-state index contributed by atoms with van der Waals surface area (Å²) in [6.45, 7) is 4.40. The van der Waals surface area contributed by atoms with Crippen LogP contribution in [0.2, 0.25) is 0 Å². The van der Waals surface area contributed by atoms with E-state index in [1.807, 2.05) is 6.07 Å². The summed E-state index contributed by atoms with van der Waals surface area (Å²) in [5.74, 6) is -2.95. The Morgan fingerprint density at radius 2 is 2.07 bits per heavy atom. The SMILES string of the molecule is CCOC(=O)c1nccc2nn(Cc3ccc(OCC(C)(F)F)c(C)c3)cc12. The predicted octanol–water partition coefficient (Wildman–Crippen LogP) is 4.00.